The van der Waals surface area contributed by atoms with Gasteiger partial charge in [-0.25, -0.2) is 0 Å². The summed E-state index contributed by atoms with van der Waals surface area (Å²) in [4.78, 5) is 0.952. The third kappa shape index (κ3) is 2.84. The first-order valence-electron chi connectivity index (χ1n) is 7.04. The van der Waals surface area contributed by atoms with Crippen LogP contribution in [0.5, 0.6) is 0 Å². The van der Waals surface area contributed by atoms with Crippen molar-refractivity contribution in [3.05, 3.63) is 64.7 Å². The van der Waals surface area contributed by atoms with E-state index >= 15 is 0 Å². The summed E-state index contributed by atoms with van der Waals surface area (Å²) < 4.78 is 12.5. The minimum Gasteiger partial charge on any atom is -0.326 e. The van der Waals surface area contributed by atoms with Crippen molar-refractivity contribution >= 4 is 10.8 Å². The lowest BCUT2D eigenvalue weighted by Gasteiger charge is -2.06. The highest BCUT2D eigenvalue weighted by atomic mass is 32.2. The topological polar surface area (TPSA) is 43.1 Å². The predicted octanol–water partition coefficient (Wildman–Crippen LogP) is 2.94. The quantitative estimate of drug-likeness (QED) is 0.938. The molecule has 3 rings (SSSR count). The molecule has 0 radical (unpaired) electrons. The second-order valence-corrected chi connectivity index (χ2v) is 6.75. The van der Waals surface area contributed by atoms with Crippen molar-refractivity contribution in [1.82, 2.24) is 0 Å². The number of nitrogens with two attached hydrogens (primary N) is 1. The normalized spacial score (nSPS) is 15.1. The molecule has 1 atom stereocenters. The largest absolute Gasteiger partial charge is 0.326 e. The van der Waals surface area contributed by atoms with Crippen molar-refractivity contribution < 1.29 is 4.21 Å². The summed E-state index contributed by atoms with van der Waals surface area (Å²) in [5, 5.41) is 0. The second-order valence-electron chi connectivity index (χ2n) is 5.29. The second kappa shape index (κ2) is 5.90. The maximum absolute atomic E-state index is 12.5. The molecule has 0 spiro atoms. The fourth-order valence-electron chi connectivity index (χ4n) is 2.70. The van der Waals surface area contributed by atoms with E-state index < -0.39 is 10.8 Å². The first-order chi connectivity index (χ1) is 9.76. The van der Waals surface area contributed by atoms with Crippen molar-refractivity contribution in [2.75, 3.05) is 0 Å². The molecule has 2 N–H and O–H groups in total. The van der Waals surface area contributed by atoms with Gasteiger partial charge in [0, 0.05) is 11.4 Å². The highest BCUT2D eigenvalue weighted by molar-refractivity contribution is 7.84. The van der Waals surface area contributed by atoms with Crippen LogP contribution in [0.25, 0.3) is 0 Å². The molecule has 2 aromatic rings. The van der Waals surface area contributed by atoms with Gasteiger partial charge in [0.1, 0.15) is 0 Å². The lowest BCUT2D eigenvalue weighted by molar-refractivity contribution is 0.682. The van der Waals surface area contributed by atoms with Gasteiger partial charge in [-0.1, -0.05) is 30.3 Å². The summed E-state index contributed by atoms with van der Waals surface area (Å²) >= 11 is 0. The molecule has 1 aliphatic rings. The van der Waals surface area contributed by atoms with E-state index in [1.54, 1.807) is 0 Å². The zero-order chi connectivity index (χ0) is 13.9. The van der Waals surface area contributed by atoms with Gasteiger partial charge >= 0.3 is 0 Å². The minimum absolute atomic E-state index is 0.550. The first kappa shape index (κ1) is 13.5. The summed E-state index contributed by atoms with van der Waals surface area (Å²) in [6.07, 6.45) is 3.53. The van der Waals surface area contributed by atoms with Gasteiger partial charge in [-0.05, 0) is 53.6 Å². The molecule has 2 aromatic carbocycles. The van der Waals surface area contributed by atoms with Gasteiger partial charge in [0.15, 0.2) is 0 Å². The Morgan fingerprint density at radius 3 is 2.40 bits per heavy atom. The number of hydrogen-bond donors (Lipinski definition) is 1. The van der Waals surface area contributed by atoms with E-state index in [0.29, 0.717) is 12.3 Å². The Kier molecular flexibility index (Phi) is 3.99. The fourth-order valence-corrected chi connectivity index (χ4v) is 3.85. The summed E-state index contributed by atoms with van der Waals surface area (Å²) in [5.41, 5.74) is 10.6. The van der Waals surface area contributed by atoms with Gasteiger partial charge in [0.05, 0.1) is 16.6 Å². The summed E-state index contributed by atoms with van der Waals surface area (Å²) in [5.74, 6) is 0.573. The van der Waals surface area contributed by atoms with Crippen molar-refractivity contribution in [3.8, 4) is 0 Å². The lowest BCUT2D eigenvalue weighted by atomic mass is 10.1. The number of benzene rings is 2. The molecular formula is C17H19NOS. The molecule has 0 fully saturated rings. The standard InChI is InChI=1S/C17H19NOS/c18-11-13-4-6-14(7-5-13)12-20(19)17-9-8-15-2-1-3-16(15)10-17/h4-10H,1-3,11-12,18H2. The summed E-state index contributed by atoms with van der Waals surface area (Å²) in [6.45, 7) is 0.550. The molecule has 0 bridgehead atoms. The van der Waals surface area contributed by atoms with Crippen LogP contribution in [-0.2, 0) is 35.9 Å². The zero-order valence-electron chi connectivity index (χ0n) is 11.5. The van der Waals surface area contributed by atoms with Crippen LogP contribution in [0, 0.1) is 0 Å². The van der Waals surface area contributed by atoms with Crippen LogP contribution in [0.2, 0.25) is 0 Å². The molecule has 1 unspecified atom stereocenters. The Hall–Kier alpha value is -1.45. The molecule has 0 aliphatic heterocycles. The molecule has 0 amide bonds. The Balaban J connectivity index is 1.75. The minimum atomic E-state index is -0.967. The molecule has 104 valence electrons. The van der Waals surface area contributed by atoms with Crippen LogP contribution < -0.4 is 5.73 Å². The number of fused-ring (bicyclic) bond motifs is 1. The monoisotopic (exact) mass is 285 g/mol. The van der Waals surface area contributed by atoms with Crippen molar-refractivity contribution in [2.24, 2.45) is 5.73 Å². The van der Waals surface area contributed by atoms with Gasteiger partial charge in [-0.15, -0.1) is 0 Å². The molecule has 0 aromatic heterocycles. The van der Waals surface area contributed by atoms with Crippen LogP contribution in [0.15, 0.2) is 47.4 Å². The van der Waals surface area contributed by atoms with Gasteiger partial charge in [-0.3, -0.25) is 4.21 Å². The van der Waals surface area contributed by atoms with Crippen LogP contribution in [-0.4, -0.2) is 4.21 Å². The summed E-state index contributed by atoms with van der Waals surface area (Å²) in [7, 11) is -0.967. The Morgan fingerprint density at radius 1 is 0.950 bits per heavy atom. The van der Waals surface area contributed by atoms with E-state index in [2.05, 4.69) is 12.1 Å². The average molecular weight is 285 g/mol. The van der Waals surface area contributed by atoms with Crippen LogP contribution in [0.3, 0.4) is 0 Å². The van der Waals surface area contributed by atoms with Crippen LogP contribution in [0.1, 0.15) is 28.7 Å². The van der Waals surface area contributed by atoms with Gasteiger partial charge in [0.25, 0.3) is 0 Å². The molecular weight excluding hydrogens is 266 g/mol. The Morgan fingerprint density at radius 2 is 1.65 bits per heavy atom. The van der Waals surface area contributed by atoms with E-state index in [0.717, 1.165) is 22.4 Å². The molecule has 20 heavy (non-hydrogen) atoms. The molecule has 0 heterocycles. The smallest absolute Gasteiger partial charge is 0.0574 e. The number of hydrogen-bond acceptors (Lipinski definition) is 2. The van der Waals surface area contributed by atoms with Crippen LogP contribution in [0.4, 0.5) is 0 Å². The van der Waals surface area contributed by atoms with E-state index in [9.17, 15) is 4.21 Å². The lowest BCUT2D eigenvalue weighted by Crippen LogP contribution is -1.99. The average Bonchev–Trinajstić information content (AvgIpc) is 2.95. The highest BCUT2D eigenvalue weighted by Gasteiger charge is 2.13. The number of rotatable bonds is 4. The van der Waals surface area contributed by atoms with Crippen molar-refractivity contribution in [3.63, 3.8) is 0 Å². The maximum atomic E-state index is 12.5. The highest BCUT2D eigenvalue weighted by Crippen LogP contribution is 2.25. The predicted molar refractivity (Wildman–Crippen MR) is 82.9 cm³/mol. The molecule has 0 saturated carbocycles. The van der Waals surface area contributed by atoms with Gasteiger partial charge in [-0.2, -0.15) is 0 Å². The number of aryl methyl sites for hydroxylation is 2. The van der Waals surface area contributed by atoms with Crippen molar-refractivity contribution in [2.45, 2.75) is 36.5 Å². The van der Waals surface area contributed by atoms with E-state index in [4.69, 9.17) is 5.73 Å². The van der Waals surface area contributed by atoms with E-state index in [1.807, 2.05) is 30.3 Å². The molecule has 3 heteroatoms. The van der Waals surface area contributed by atoms with Gasteiger partial charge < -0.3 is 5.73 Å². The molecule has 2 nitrogen and oxygen atoms in total. The maximum Gasteiger partial charge on any atom is 0.0574 e. The van der Waals surface area contributed by atoms with E-state index in [-0.39, 0.29) is 0 Å². The van der Waals surface area contributed by atoms with Crippen LogP contribution >= 0.6 is 0 Å². The molecule has 0 saturated heterocycles. The Bertz CT molecular complexity index is 634. The Labute approximate surface area is 122 Å². The van der Waals surface area contributed by atoms with Crippen molar-refractivity contribution in [1.29, 1.82) is 0 Å². The third-order valence-corrected chi connectivity index (χ3v) is 5.26. The third-order valence-electron chi connectivity index (χ3n) is 3.89. The molecule has 1 aliphatic carbocycles. The summed E-state index contributed by atoms with van der Waals surface area (Å²) in [6, 6.07) is 14.4. The van der Waals surface area contributed by atoms with Gasteiger partial charge in [0.2, 0.25) is 0 Å². The first-order valence-corrected chi connectivity index (χ1v) is 8.36. The fraction of sp³-hybridized carbons (Fsp3) is 0.294. The SMILES string of the molecule is NCc1ccc(CS(=O)c2ccc3c(c2)CCC3)cc1. The zero-order valence-corrected chi connectivity index (χ0v) is 12.3. The van der Waals surface area contributed by atoms with E-state index in [1.165, 1.54) is 24.0 Å².